The monoisotopic (exact) mass is 624 g/mol. The normalized spacial score (nSPS) is 33.5. The topological polar surface area (TPSA) is 303 Å². The van der Waals surface area contributed by atoms with Crippen molar-refractivity contribution >= 4 is 41.9 Å². The maximum Gasteiger partial charge on any atom is 0.472 e. The number of nitrogens with two attached hydrogens (primary N) is 2. The number of rotatable bonds is 8. The molecule has 22 heteroatoms. The van der Waals surface area contributed by atoms with Crippen LogP contribution in [0.15, 0.2) is 23.8 Å². The van der Waals surface area contributed by atoms with Crippen LogP contribution in [0, 0.1) is 0 Å². The number of nitrogens with zero attached hydrogens (tertiary/aromatic N) is 7. The Hall–Kier alpha value is -3.63. The number of aromatic nitrogens is 8. The van der Waals surface area contributed by atoms with E-state index < -0.39 is 75.2 Å². The zero-order chi connectivity index (χ0) is 30.3. The second-order valence-electron chi connectivity index (χ2n) is 10.2. The van der Waals surface area contributed by atoms with Crippen molar-refractivity contribution in [1.29, 1.82) is 0 Å². The number of ether oxygens (including phenoxy) is 3. The highest BCUT2D eigenvalue weighted by Crippen LogP contribution is 2.53. The molecule has 9 atom stereocenters. The van der Waals surface area contributed by atoms with Crippen LogP contribution in [0.25, 0.3) is 22.3 Å². The molecule has 0 spiro atoms. The van der Waals surface area contributed by atoms with Gasteiger partial charge >= 0.3 is 7.82 Å². The quantitative estimate of drug-likeness (QED) is 0.0955. The van der Waals surface area contributed by atoms with E-state index >= 15 is 0 Å². The van der Waals surface area contributed by atoms with Crippen molar-refractivity contribution in [3.63, 3.8) is 0 Å². The van der Waals surface area contributed by atoms with Gasteiger partial charge in [-0.25, -0.2) is 24.5 Å². The number of aromatic amines is 1. The number of phosphoric ester groups is 1. The first-order valence-corrected chi connectivity index (χ1v) is 14.2. The van der Waals surface area contributed by atoms with Crippen molar-refractivity contribution in [2.75, 3.05) is 31.3 Å². The first kappa shape index (κ1) is 28.2. The van der Waals surface area contributed by atoms with Crippen molar-refractivity contribution in [2.45, 2.75) is 48.6 Å². The van der Waals surface area contributed by atoms with Gasteiger partial charge in [0.15, 0.2) is 35.1 Å². The fraction of sp³-hybridized carbons (Fsp3) is 0.524. The Morgan fingerprint density at radius 3 is 2.63 bits per heavy atom. The lowest BCUT2D eigenvalue weighted by Crippen LogP contribution is -2.45. The molecule has 0 amide bonds. The number of nitrogens with one attached hydrogen (secondary N) is 1. The lowest BCUT2D eigenvalue weighted by Gasteiger charge is -2.31. The number of imidazole rings is 2. The number of anilines is 2. The maximum atomic E-state index is 13.2. The second-order valence-corrected chi connectivity index (χ2v) is 11.6. The molecule has 4 aromatic heterocycles. The molecule has 230 valence electrons. The molecule has 3 fully saturated rings. The standard InChI is InChI=1S/C21H25N10O11P/c22-14-8-15(25-4-24-14)30(5-26-8)19-12-13(34)21(41-19,2-38-12)3-39-43(36,37)42-11-10(33)7(1-32)40-18(11)31-6-27-9-16(31)28-20(23)29-17(9)35/h4-7,10-13,18-19,32-34H,1-3H2,(H,36,37)(H2,22,24,25)(H3,23,28,29,35)/t7-,10?,11+,12+,13?,18-,19-,21-/m1/s1. The smallest absolute Gasteiger partial charge is 0.394 e. The molecule has 0 aliphatic carbocycles. The van der Waals surface area contributed by atoms with Gasteiger partial charge in [-0.3, -0.25) is 28.0 Å². The van der Waals surface area contributed by atoms with Gasteiger partial charge in [0.25, 0.3) is 5.56 Å². The third kappa shape index (κ3) is 4.40. The summed E-state index contributed by atoms with van der Waals surface area (Å²) in [5.41, 5.74) is 9.69. The fourth-order valence-electron chi connectivity index (χ4n) is 5.51. The summed E-state index contributed by atoms with van der Waals surface area (Å²) in [5, 5.41) is 31.5. The van der Waals surface area contributed by atoms with E-state index in [9.17, 15) is 29.6 Å². The molecule has 0 aromatic carbocycles. The Labute approximate surface area is 238 Å². The summed E-state index contributed by atoms with van der Waals surface area (Å²) in [5.74, 6) is -0.103. The molecule has 0 saturated carbocycles. The zero-order valence-corrected chi connectivity index (χ0v) is 22.7. The SMILES string of the molecule is Nc1nc2c(ncn2[C@@H]2O[C@H](CO)C(O)[C@@H]2OP(=O)(O)OC[C@]23CO[C@@H](C2O)[C@H](n2cnc4c(N)ncnc42)O3)c(=O)[nH]1. The van der Waals surface area contributed by atoms with E-state index in [0.29, 0.717) is 11.2 Å². The van der Waals surface area contributed by atoms with Gasteiger partial charge in [-0.1, -0.05) is 0 Å². The van der Waals surface area contributed by atoms with Crippen molar-refractivity contribution in [3.8, 4) is 0 Å². The summed E-state index contributed by atoms with van der Waals surface area (Å²) >= 11 is 0. The van der Waals surface area contributed by atoms with Crippen LogP contribution >= 0.6 is 7.82 Å². The minimum Gasteiger partial charge on any atom is -0.394 e. The molecule has 0 radical (unpaired) electrons. The molecule has 3 unspecified atom stereocenters. The molecule has 4 aromatic rings. The van der Waals surface area contributed by atoms with Crippen LogP contribution in [0.1, 0.15) is 12.5 Å². The lowest BCUT2D eigenvalue weighted by atomic mass is 10.0. The Morgan fingerprint density at radius 1 is 1.12 bits per heavy atom. The van der Waals surface area contributed by atoms with Gasteiger partial charge in [-0.05, 0) is 0 Å². The summed E-state index contributed by atoms with van der Waals surface area (Å²) in [7, 11) is -5.05. The van der Waals surface area contributed by atoms with Crippen LogP contribution < -0.4 is 17.0 Å². The Balaban J connectivity index is 1.11. The first-order chi connectivity index (χ1) is 20.5. The second kappa shape index (κ2) is 9.95. The third-order valence-corrected chi connectivity index (χ3v) is 8.58. The summed E-state index contributed by atoms with van der Waals surface area (Å²) in [6.07, 6.45) is -5.28. The first-order valence-electron chi connectivity index (χ1n) is 12.7. The van der Waals surface area contributed by atoms with Gasteiger partial charge in [0, 0.05) is 0 Å². The average molecular weight is 624 g/mol. The van der Waals surface area contributed by atoms with Crippen molar-refractivity contribution < 1.29 is 48.0 Å². The molecular formula is C21H25N10O11P. The highest BCUT2D eigenvalue weighted by atomic mass is 31.2. The average Bonchev–Trinajstić information content (AvgIpc) is 3.77. The number of fused-ring (bicyclic) bond motifs is 4. The van der Waals surface area contributed by atoms with Crippen LogP contribution in [0.2, 0.25) is 0 Å². The zero-order valence-electron chi connectivity index (χ0n) is 21.8. The molecule has 3 aliphatic heterocycles. The largest absolute Gasteiger partial charge is 0.472 e. The maximum absolute atomic E-state index is 13.2. The lowest BCUT2D eigenvalue weighted by molar-refractivity contribution is -0.184. The fourth-order valence-corrected chi connectivity index (χ4v) is 6.49. The molecule has 21 nitrogen and oxygen atoms in total. The molecule has 7 heterocycles. The molecule has 3 saturated heterocycles. The van der Waals surface area contributed by atoms with E-state index in [1.165, 1.54) is 21.8 Å². The van der Waals surface area contributed by atoms with Gasteiger partial charge in [-0.15, -0.1) is 0 Å². The number of hydrogen-bond donors (Lipinski definition) is 7. The predicted molar refractivity (Wildman–Crippen MR) is 139 cm³/mol. The van der Waals surface area contributed by atoms with Crippen LogP contribution in [-0.2, 0) is 27.8 Å². The van der Waals surface area contributed by atoms with E-state index in [0.717, 1.165) is 6.33 Å². The molecule has 3 aliphatic rings. The van der Waals surface area contributed by atoms with Crippen molar-refractivity contribution in [2.24, 2.45) is 0 Å². The summed E-state index contributed by atoms with van der Waals surface area (Å²) in [4.78, 5) is 45.4. The summed E-state index contributed by atoms with van der Waals surface area (Å²) < 4.78 is 43.9. The van der Waals surface area contributed by atoms with E-state index in [2.05, 4.69) is 29.9 Å². The third-order valence-electron chi connectivity index (χ3n) is 7.61. The molecule has 43 heavy (non-hydrogen) atoms. The number of aliphatic hydroxyl groups is 3. The predicted octanol–water partition coefficient (Wildman–Crippen LogP) is -3.10. The Kier molecular flexibility index (Phi) is 6.52. The van der Waals surface area contributed by atoms with Gasteiger partial charge in [-0.2, -0.15) is 4.98 Å². The summed E-state index contributed by atoms with van der Waals surface area (Å²) in [6, 6.07) is 0. The van der Waals surface area contributed by atoms with Crippen molar-refractivity contribution in [3.05, 3.63) is 29.3 Å². The molecule has 2 bridgehead atoms. The minimum absolute atomic E-state index is 0.0695. The highest BCUT2D eigenvalue weighted by molar-refractivity contribution is 7.47. The molecule has 7 rings (SSSR count). The number of H-pyrrole nitrogens is 1. The van der Waals surface area contributed by atoms with Crippen molar-refractivity contribution in [1.82, 2.24) is 39.0 Å². The van der Waals surface area contributed by atoms with Gasteiger partial charge in [0.2, 0.25) is 5.95 Å². The van der Waals surface area contributed by atoms with Gasteiger partial charge in [0.1, 0.15) is 48.0 Å². The number of nitrogen functional groups attached to an aromatic ring is 2. The van der Waals surface area contributed by atoms with Gasteiger partial charge in [0.05, 0.1) is 32.5 Å². The Bertz CT molecular complexity index is 1820. The molecule has 9 N–H and O–H groups in total. The van der Waals surface area contributed by atoms with E-state index in [4.69, 9.17) is 34.7 Å². The van der Waals surface area contributed by atoms with Crippen LogP contribution in [-0.4, -0.2) is 115 Å². The van der Waals surface area contributed by atoms with Gasteiger partial charge < -0.3 is 45.9 Å². The van der Waals surface area contributed by atoms with E-state index in [1.54, 1.807) is 0 Å². The minimum atomic E-state index is -5.05. The highest BCUT2D eigenvalue weighted by Gasteiger charge is 2.63. The van der Waals surface area contributed by atoms with Crippen LogP contribution in [0.3, 0.4) is 0 Å². The number of aliphatic hydroxyl groups excluding tert-OH is 3. The van der Waals surface area contributed by atoms with E-state index in [-0.39, 0.29) is 29.5 Å². The van der Waals surface area contributed by atoms with Crippen LogP contribution in [0.5, 0.6) is 0 Å². The van der Waals surface area contributed by atoms with E-state index in [1.807, 2.05) is 0 Å². The number of hydrogen-bond acceptors (Lipinski definition) is 17. The van der Waals surface area contributed by atoms with Crippen LogP contribution in [0.4, 0.5) is 11.8 Å². The molecular weight excluding hydrogens is 599 g/mol. The number of phosphoric acid groups is 1. The Morgan fingerprint density at radius 2 is 1.86 bits per heavy atom. The summed E-state index contributed by atoms with van der Waals surface area (Å²) in [6.45, 7) is -1.54.